The van der Waals surface area contributed by atoms with E-state index in [-0.39, 0.29) is 17.9 Å². The number of hydrogen-bond donors (Lipinski definition) is 1. The van der Waals surface area contributed by atoms with Gasteiger partial charge in [0.25, 0.3) is 0 Å². The Morgan fingerprint density at radius 1 is 1.79 bits per heavy atom. The number of hydrogen-bond acceptors (Lipinski definition) is 5. The van der Waals surface area contributed by atoms with Crippen molar-refractivity contribution in [3.05, 3.63) is 23.7 Å². The summed E-state index contributed by atoms with van der Waals surface area (Å²) in [6.07, 6.45) is 0.188. The zero-order chi connectivity index (χ0) is 10.6. The summed E-state index contributed by atoms with van der Waals surface area (Å²) in [6.45, 7) is 1.78. The third-order valence-electron chi connectivity index (χ3n) is 1.61. The SMILES string of the molecule is CCOC(=O)[C@@H](O)c1occc1C=O. The number of aldehydes is 1. The van der Waals surface area contributed by atoms with E-state index in [1.165, 1.54) is 12.3 Å². The van der Waals surface area contributed by atoms with Crippen LogP contribution in [0.5, 0.6) is 0 Å². The second kappa shape index (κ2) is 4.57. The minimum atomic E-state index is -1.54. The fourth-order valence-corrected chi connectivity index (χ4v) is 0.979. The van der Waals surface area contributed by atoms with Crippen LogP contribution >= 0.6 is 0 Å². The predicted octanol–water partition coefficient (Wildman–Crippen LogP) is 0.689. The molecule has 1 rings (SSSR count). The molecule has 14 heavy (non-hydrogen) atoms. The second-order valence-corrected chi connectivity index (χ2v) is 2.51. The second-order valence-electron chi connectivity index (χ2n) is 2.51. The molecule has 0 amide bonds. The van der Waals surface area contributed by atoms with Crippen LogP contribution in [0.25, 0.3) is 0 Å². The van der Waals surface area contributed by atoms with Gasteiger partial charge in [-0.25, -0.2) is 4.79 Å². The molecule has 0 saturated heterocycles. The molecule has 0 fully saturated rings. The van der Waals surface area contributed by atoms with Gasteiger partial charge in [-0.05, 0) is 13.0 Å². The van der Waals surface area contributed by atoms with E-state index in [9.17, 15) is 14.7 Å². The minimum absolute atomic E-state index is 0.0848. The van der Waals surface area contributed by atoms with Crippen LogP contribution in [0.3, 0.4) is 0 Å². The van der Waals surface area contributed by atoms with Crippen LogP contribution in [-0.2, 0) is 9.53 Å². The molecule has 0 spiro atoms. The Balaban J connectivity index is 2.82. The van der Waals surface area contributed by atoms with Gasteiger partial charge in [-0.3, -0.25) is 4.79 Å². The summed E-state index contributed by atoms with van der Waals surface area (Å²) in [5, 5.41) is 9.39. The van der Waals surface area contributed by atoms with E-state index in [2.05, 4.69) is 4.74 Å². The first kappa shape index (κ1) is 10.5. The van der Waals surface area contributed by atoms with Crippen molar-refractivity contribution in [2.45, 2.75) is 13.0 Å². The standard InChI is InChI=1S/C9H10O5/c1-2-13-9(12)7(11)8-6(5-10)3-4-14-8/h3-5,7,11H,2H2,1H3/t7-/m0/s1. The molecular weight excluding hydrogens is 188 g/mol. The van der Waals surface area contributed by atoms with Gasteiger partial charge < -0.3 is 14.3 Å². The monoisotopic (exact) mass is 198 g/mol. The molecule has 0 aliphatic heterocycles. The Morgan fingerprint density at radius 3 is 3.07 bits per heavy atom. The van der Waals surface area contributed by atoms with Crippen molar-refractivity contribution in [1.82, 2.24) is 0 Å². The highest BCUT2D eigenvalue weighted by Gasteiger charge is 2.24. The van der Waals surface area contributed by atoms with Gasteiger partial charge in [0.1, 0.15) is 0 Å². The van der Waals surface area contributed by atoms with E-state index in [4.69, 9.17) is 4.42 Å². The molecule has 1 aromatic heterocycles. The van der Waals surface area contributed by atoms with Crippen molar-refractivity contribution in [3.8, 4) is 0 Å². The van der Waals surface area contributed by atoms with E-state index in [1.54, 1.807) is 6.92 Å². The molecule has 0 saturated carbocycles. The number of furan rings is 1. The Kier molecular flexibility index (Phi) is 3.41. The quantitative estimate of drug-likeness (QED) is 0.568. The molecule has 0 aromatic carbocycles. The Labute approximate surface area is 80.3 Å². The fraction of sp³-hybridized carbons (Fsp3) is 0.333. The van der Waals surface area contributed by atoms with Crippen LogP contribution in [0.1, 0.15) is 29.1 Å². The summed E-state index contributed by atoms with van der Waals surface area (Å²) in [5.74, 6) is -0.913. The molecule has 1 atom stereocenters. The lowest BCUT2D eigenvalue weighted by Crippen LogP contribution is -2.15. The summed E-state index contributed by atoms with van der Waals surface area (Å²) in [6, 6.07) is 1.37. The number of aliphatic hydroxyl groups is 1. The van der Waals surface area contributed by atoms with Crippen LogP contribution in [0.2, 0.25) is 0 Å². The highest BCUT2D eigenvalue weighted by molar-refractivity contribution is 5.82. The van der Waals surface area contributed by atoms with Crippen molar-refractivity contribution in [2.24, 2.45) is 0 Å². The predicted molar refractivity (Wildman–Crippen MR) is 45.7 cm³/mol. The average Bonchev–Trinajstić information content (AvgIpc) is 2.64. The van der Waals surface area contributed by atoms with Gasteiger partial charge in [0.2, 0.25) is 6.10 Å². The Hall–Kier alpha value is -1.62. The van der Waals surface area contributed by atoms with Crippen molar-refractivity contribution < 1.29 is 23.8 Å². The van der Waals surface area contributed by atoms with E-state index in [1.807, 2.05) is 0 Å². The van der Waals surface area contributed by atoms with Gasteiger partial charge in [0.05, 0.1) is 18.4 Å². The minimum Gasteiger partial charge on any atom is -0.465 e. The third-order valence-corrected chi connectivity index (χ3v) is 1.61. The molecule has 0 bridgehead atoms. The first-order valence-corrected chi connectivity index (χ1v) is 4.08. The molecule has 1 aromatic rings. The van der Waals surface area contributed by atoms with Crippen molar-refractivity contribution in [3.63, 3.8) is 0 Å². The van der Waals surface area contributed by atoms with Gasteiger partial charge in [-0.2, -0.15) is 0 Å². The maximum Gasteiger partial charge on any atom is 0.343 e. The number of carbonyl (C=O) groups excluding carboxylic acids is 2. The molecule has 0 unspecified atom stereocenters. The van der Waals surface area contributed by atoms with Gasteiger partial charge in [0.15, 0.2) is 12.0 Å². The molecule has 0 radical (unpaired) electrons. The van der Waals surface area contributed by atoms with Gasteiger partial charge in [0, 0.05) is 0 Å². The number of aliphatic hydroxyl groups excluding tert-OH is 1. The van der Waals surface area contributed by atoms with E-state index in [0.29, 0.717) is 6.29 Å². The Bertz CT molecular complexity index is 328. The maximum absolute atomic E-state index is 11.1. The van der Waals surface area contributed by atoms with E-state index < -0.39 is 12.1 Å². The number of rotatable bonds is 4. The smallest absolute Gasteiger partial charge is 0.343 e. The summed E-state index contributed by atoms with van der Waals surface area (Å²) in [5.41, 5.74) is 0.144. The fourth-order valence-electron chi connectivity index (χ4n) is 0.979. The van der Waals surface area contributed by atoms with Crippen LogP contribution in [0.4, 0.5) is 0 Å². The molecule has 5 nitrogen and oxygen atoms in total. The van der Waals surface area contributed by atoms with Crippen LogP contribution < -0.4 is 0 Å². The third kappa shape index (κ3) is 2.00. The van der Waals surface area contributed by atoms with Crippen molar-refractivity contribution >= 4 is 12.3 Å². The van der Waals surface area contributed by atoms with Gasteiger partial charge >= 0.3 is 5.97 Å². The molecular formula is C9H10O5. The molecule has 0 aliphatic carbocycles. The van der Waals surface area contributed by atoms with E-state index >= 15 is 0 Å². The normalized spacial score (nSPS) is 12.1. The zero-order valence-corrected chi connectivity index (χ0v) is 7.60. The maximum atomic E-state index is 11.1. The van der Waals surface area contributed by atoms with Crippen LogP contribution in [0, 0.1) is 0 Å². The number of carbonyl (C=O) groups is 2. The first-order valence-electron chi connectivity index (χ1n) is 4.08. The lowest BCUT2D eigenvalue weighted by molar-refractivity contribution is -0.154. The summed E-state index contributed by atoms with van der Waals surface area (Å²) in [7, 11) is 0. The molecule has 0 aliphatic rings. The lowest BCUT2D eigenvalue weighted by atomic mass is 10.2. The van der Waals surface area contributed by atoms with E-state index in [0.717, 1.165) is 0 Å². The molecule has 5 heteroatoms. The summed E-state index contributed by atoms with van der Waals surface area (Å²) in [4.78, 5) is 21.5. The van der Waals surface area contributed by atoms with Crippen LogP contribution in [-0.4, -0.2) is 24.0 Å². The van der Waals surface area contributed by atoms with Crippen molar-refractivity contribution in [1.29, 1.82) is 0 Å². The topological polar surface area (TPSA) is 76.7 Å². The molecule has 1 N–H and O–H groups in total. The lowest BCUT2D eigenvalue weighted by Gasteiger charge is -2.06. The van der Waals surface area contributed by atoms with Crippen molar-refractivity contribution in [2.75, 3.05) is 6.61 Å². The van der Waals surface area contributed by atoms with Crippen LogP contribution in [0.15, 0.2) is 16.7 Å². The average molecular weight is 198 g/mol. The summed E-state index contributed by atoms with van der Waals surface area (Å²) < 4.78 is 9.36. The molecule has 76 valence electrons. The number of ether oxygens (including phenoxy) is 1. The zero-order valence-electron chi connectivity index (χ0n) is 7.60. The molecule has 1 heterocycles. The number of esters is 1. The summed E-state index contributed by atoms with van der Waals surface area (Å²) >= 11 is 0. The largest absolute Gasteiger partial charge is 0.465 e. The highest BCUT2D eigenvalue weighted by atomic mass is 16.5. The van der Waals surface area contributed by atoms with Gasteiger partial charge in [-0.15, -0.1) is 0 Å². The van der Waals surface area contributed by atoms with Gasteiger partial charge in [-0.1, -0.05) is 0 Å². The highest BCUT2D eigenvalue weighted by Crippen LogP contribution is 2.18. The Morgan fingerprint density at radius 2 is 2.50 bits per heavy atom. The first-order chi connectivity index (χ1) is 6.70.